The Balaban J connectivity index is 0.000000260. The zero-order valence-corrected chi connectivity index (χ0v) is 17.1. The van der Waals surface area contributed by atoms with Crippen LogP contribution in [0.3, 0.4) is 0 Å². The summed E-state index contributed by atoms with van der Waals surface area (Å²) in [5.41, 5.74) is 1.87. The molecule has 0 aliphatic rings. The maximum atomic E-state index is 10.5. The highest BCUT2D eigenvalue weighted by atomic mass is 79.9. The fourth-order valence-electron chi connectivity index (χ4n) is 1.91. The number of carbonyl (C=O) groups excluding carboxylic acids is 2. The molecule has 2 aromatic rings. The Morgan fingerprint density at radius 3 is 2.15 bits per heavy atom. The molecule has 0 heterocycles. The lowest BCUT2D eigenvalue weighted by atomic mass is 10.1. The quantitative estimate of drug-likeness (QED) is 0.417. The average Bonchev–Trinajstić information content (AvgIpc) is 2.64. The van der Waals surface area contributed by atoms with Crippen LogP contribution < -0.4 is 4.74 Å². The third-order valence-electron chi connectivity index (χ3n) is 3.11. The zero-order valence-electron chi connectivity index (χ0n) is 14.0. The maximum absolute atomic E-state index is 10.5. The third-order valence-corrected chi connectivity index (χ3v) is 4.34. The van der Waals surface area contributed by atoms with E-state index in [0.717, 1.165) is 17.0 Å². The van der Waals surface area contributed by atoms with Crippen molar-refractivity contribution in [1.82, 2.24) is 0 Å². The van der Waals surface area contributed by atoms with E-state index in [9.17, 15) is 14.7 Å². The Kier molecular flexibility index (Phi) is 9.62. The molecule has 0 atom stereocenters. The van der Waals surface area contributed by atoms with Gasteiger partial charge in [0.2, 0.25) is 0 Å². The van der Waals surface area contributed by atoms with Gasteiger partial charge in [-0.1, -0.05) is 18.7 Å². The molecule has 0 fully saturated rings. The summed E-state index contributed by atoms with van der Waals surface area (Å²) in [4.78, 5) is 20.9. The number of rotatable bonds is 7. The first kappa shape index (κ1) is 21.9. The number of allylic oxidation sites excluding steroid dienone is 1. The molecule has 1 N–H and O–H groups in total. The van der Waals surface area contributed by atoms with Crippen LogP contribution in [0.5, 0.6) is 11.5 Å². The molecule has 0 aromatic heterocycles. The van der Waals surface area contributed by atoms with Gasteiger partial charge in [-0.2, -0.15) is 0 Å². The first-order chi connectivity index (χ1) is 12.5. The summed E-state index contributed by atoms with van der Waals surface area (Å²) in [5.74, 6) is 0.885. The summed E-state index contributed by atoms with van der Waals surface area (Å²) in [5, 5.41) is 9.54. The highest BCUT2D eigenvalue weighted by molar-refractivity contribution is 9.10. The Bertz CT molecular complexity index is 801. The number of benzene rings is 2. The number of aldehydes is 2. The molecule has 0 saturated carbocycles. The van der Waals surface area contributed by atoms with Crippen LogP contribution in [0.25, 0.3) is 0 Å². The topological polar surface area (TPSA) is 63.6 Å². The summed E-state index contributed by atoms with van der Waals surface area (Å²) in [6, 6.07) is 8.39. The van der Waals surface area contributed by atoms with E-state index in [1.165, 1.54) is 0 Å². The molecule has 2 rings (SSSR count). The molecule has 136 valence electrons. The Morgan fingerprint density at radius 2 is 1.62 bits per heavy atom. The first-order valence-corrected chi connectivity index (χ1v) is 9.11. The summed E-state index contributed by atoms with van der Waals surface area (Å²) in [7, 11) is 0. The van der Waals surface area contributed by atoms with Gasteiger partial charge in [-0.15, -0.1) is 6.58 Å². The van der Waals surface area contributed by atoms with E-state index in [2.05, 4.69) is 45.0 Å². The molecule has 6 heteroatoms. The Hall–Kier alpha value is -2.18. The molecule has 26 heavy (non-hydrogen) atoms. The van der Waals surface area contributed by atoms with E-state index in [0.29, 0.717) is 39.9 Å². The van der Waals surface area contributed by atoms with Gasteiger partial charge in [0.05, 0.1) is 8.95 Å². The lowest BCUT2D eigenvalue weighted by Crippen LogP contribution is -1.94. The molecule has 0 spiro atoms. The van der Waals surface area contributed by atoms with Crippen molar-refractivity contribution in [3.05, 3.63) is 81.3 Å². The largest absolute Gasteiger partial charge is 0.506 e. The van der Waals surface area contributed by atoms with E-state index in [1.807, 2.05) is 0 Å². The van der Waals surface area contributed by atoms with Gasteiger partial charge in [0, 0.05) is 11.1 Å². The van der Waals surface area contributed by atoms with Crippen molar-refractivity contribution in [3.8, 4) is 11.5 Å². The number of hydrogen-bond acceptors (Lipinski definition) is 4. The lowest BCUT2D eigenvalue weighted by molar-refractivity contribution is 0.111. The predicted molar refractivity (Wildman–Crippen MR) is 110 cm³/mol. The van der Waals surface area contributed by atoms with Crippen molar-refractivity contribution < 1.29 is 19.4 Å². The lowest BCUT2D eigenvalue weighted by Gasteiger charge is -2.05. The number of phenolic OH excluding ortho intramolecular Hbond substituents is 1. The number of phenols is 1. The van der Waals surface area contributed by atoms with Crippen LogP contribution in [0, 0.1) is 0 Å². The van der Waals surface area contributed by atoms with Crippen molar-refractivity contribution in [1.29, 1.82) is 0 Å². The molecule has 0 saturated heterocycles. The molecule has 0 unspecified atom stereocenters. The van der Waals surface area contributed by atoms with Gasteiger partial charge >= 0.3 is 0 Å². The molecule has 0 amide bonds. The minimum absolute atomic E-state index is 0.172. The van der Waals surface area contributed by atoms with E-state index in [1.54, 1.807) is 42.5 Å². The van der Waals surface area contributed by atoms with Crippen LogP contribution in [0.4, 0.5) is 0 Å². The fraction of sp³-hybridized carbons (Fsp3) is 0.100. The Labute approximate surface area is 169 Å². The second-order valence-electron chi connectivity index (χ2n) is 5.03. The van der Waals surface area contributed by atoms with E-state index < -0.39 is 0 Å². The minimum Gasteiger partial charge on any atom is -0.506 e. The van der Waals surface area contributed by atoms with Gasteiger partial charge < -0.3 is 9.84 Å². The number of carbonyl (C=O) groups is 2. The molecular weight excluding hydrogens is 464 g/mol. The van der Waals surface area contributed by atoms with Crippen LogP contribution in [0.2, 0.25) is 0 Å². The Morgan fingerprint density at radius 1 is 0.962 bits per heavy atom. The molecule has 0 aliphatic heterocycles. The monoisotopic (exact) mass is 480 g/mol. The van der Waals surface area contributed by atoms with E-state index >= 15 is 0 Å². The first-order valence-electron chi connectivity index (χ1n) is 7.52. The van der Waals surface area contributed by atoms with E-state index in [4.69, 9.17) is 4.74 Å². The van der Waals surface area contributed by atoms with Crippen LogP contribution in [-0.4, -0.2) is 24.3 Å². The third kappa shape index (κ3) is 6.61. The number of hydrogen-bond donors (Lipinski definition) is 1. The predicted octanol–water partition coefficient (Wildman–Crippen LogP) is 5.52. The van der Waals surface area contributed by atoms with Crippen LogP contribution in [-0.2, 0) is 6.42 Å². The highest BCUT2D eigenvalue weighted by Crippen LogP contribution is 2.29. The fourth-order valence-corrected chi connectivity index (χ4v) is 2.94. The normalized spacial score (nSPS) is 9.46. The van der Waals surface area contributed by atoms with Gasteiger partial charge in [-0.3, -0.25) is 9.59 Å². The van der Waals surface area contributed by atoms with Gasteiger partial charge in [0.1, 0.15) is 30.7 Å². The van der Waals surface area contributed by atoms with Gasteiger partial charge in [-0.25, -0.2) is 0 Å². The van der Waals surface area contributed by atoms with Crippen molar-refractivity contribution in [2.45, 2.75) is 6.42 Å². The second kappa shape index (κ2) is 11.4. The summed E-state index contributed by atoms with van der Waals surface area (Å²) in [6.07, 6.45) is 5.43. The van der Waals surface area contributed by atoms with Gasteiger partial charge in [-0.05, 0) is 74.2 Å². The maximum Gasteiger partial charge on any atom is 0.150 e. The van der Waals surface area contributed by atoms with Crippen LogP contribution in [0.15, 0.2) is 64.6 Å². The molecule has 0 radical (unpaired) electrons. The molecule has 0 bridgehead atoms. The smallest absolute Gasteiger partial charge is 0.150 e. The molecule has 2 aromatic carbocycles. The zero-order chi connectivity index (χ0) is 19.5. The number of aromatic hydroxyl groups is 1. The van der Waals surface area contributed by atoms with E-state index in [-0.39, 0.29) is 5.75 Å². The van der Waals surface area contributed by atoms with Gasteiger partial charge in [0.25, 0.3) is 0 Å². The van der Waals surface area contributed by atoms with Crippen molar-refractivity contribution in [2.24, 2.45) is 0 Å². The minimum atomic E-state index is 0.172. The standard InChI is InChI=1S/2C10H9BrO2/c1-2-5-13-10-4-3-8(7-12)6-9(10)11;1-2-3-8-4-7(6-12)5-9(11)10(8)13/h2-4,6-7H,1,5H2;2,4-6,13H,1,3H2. The summed E-state index contributed by atoms with van der Waals surface area (Å²) < 4.78 is 6.62. The second-order valence-corrected chi connectivity index (χ2v) is 6.74. The van der Waals surface area contributed by atoms with Gasteiger partial charge in [0.15, 0.2) is 0 Å². The van der Waals surface area contributed by atoms with Crippen LogP contribution in [0.1, 0.15) is 26.3 Å². The van der Waals surface area contributed by atoms with Crippen molar-refractivity contribution in [2.75, 3.05) is 6.61 Å². The van der Waals surface area contributed by atoms with Crippen LogP contribution >= 0.6 is 31.9 Å². The van der Waals surface area contributed by atoms with Crippen molar-refractivity contribution >= 4 is 44.4 Å². The summed E-state index contributed by atoms with van der Waals surface area (Å²) in [6.45, 7) is 7.57. The SMILES string of the molecule is C=CCOc1ccc(C=O)cc1Br.C=CCc1cc(C=O)cc(Br)c1O. The summed E-state index contributed by atoms with van der Waals surface area (Å²) >= 11 is 6.46. The molecular formula is C20H18Br2O4. The number of ether oxygens (including phenoxy) is 1. The molecule has 4 nitrogen and oxygen atoms in total. The highest BCUT2D eigenvalue weighted by Gasteiger charge is 2.06. The molecule has 0 aliphatic carbocycles. The number of halogens is 2. The van der Waals surface area contributed by atoms with Crippen molar-refractivity contribution in [3.63, 3.8) is 0 Å². The average molecular weight is 482 g/mol.